The molecule has 1 aromatic carbocycles. The normalized spacial score (nSPS) is 10.6. The second-order valence-corrected chi connectivity index (χ2v) is 7.93. The monoisotopic (exact) mass is 438 g/mol. The topological polar surface area (TPSA) is 86.2 Å². The lowest BCUT2D eigenvalue weighted by Gasteiger charge is -2.08. The largest absolute Gasteiger partial charge is 0.493 e. The summed E-state index contributed by atoms with van der Waals surface area (Å²) in [5.41, 5.74) is 3.38. The van der Waals surface area contributed by atoms with Gasteiger partial charge in [-0.25, -0.2) is 9.97 Å². The van der Waals surface area contributed by atoms with Gasteiger partial charge in [0.15, 0.2) is 16.6 Å². The van der Waals surface area contributed by atoms with Gasteiger partial charge in [0.25, 0.3) is 0 Å². The third kappa shape index (κ3) is 4.47. The number of hydrogen-bond donors (Lipinski definition) is 1. The highest BCUT2D eigenvalue weighted by Crippen LogP contribution is 2.33. The number of thiazole rings is 2. The number of pyridine rings is 1. The molecule has 0 aliphatic rings. The average Bonchev–Trinajstić information content (AvgIpc) is 3.43. The Kier molecular flexibility index (Phi) is 6.01. The fourth-order valence-corrected chi connectivity index (χ4v) is 4.36. The van der Waals surface area contributed by atoms with Crippen LogP contribution in [0.4, 0.5) is 5.13 Å². The molecule has 4 aromatic rings. The van der Waals surface area contributed by atoms with Crippen molar-refractivity contribution in [2.75, 3.05) is 19.5 Å². The molecule has 0 saturated heterocycles. The molecule has 0 bridgehead atoms. The quantitative estimate of drug-likeness (QED) is 0.456. The molecular weight excluding hydrogens is 420 g/mol. The number of ether oxygens (including phenoxy) is 2. The second-order valence-electron chi connectivity index (χ2n) is 6.21. The number of aromatic nitrogens is 3. The molecule has 0 fully saturated rings. The van der Waals surface area contributed by atoms with Gasteiger partial charge in [-0.2, -0.15) is 0 Å². The molecule has 0 spiro atoms. The van der Waals surface area contributed by atoms with Crippen LogP contribution in [0.25, 0.3) is 21.8 Å². The van der Waals surface area contributed by atoms with E-state index in [1.54, 1.807) is 26.6 Å². The van der Waals surface area contributed by atoms with Crippen molar-refractivity contribution in [3.8, 4) is 33.3 Å². The van der Waals surface area contributed by atoms with Crippen molar-refractivity contribution in [1.82, 2.24) is 15.0 Å². The minimum atomic E-state index is -0.158. The summed E-state index contributed by atoms with van der Waals surface area (Å²) in [6.07, 6.45) is 3.60. The molecule has 7 nitrogen and oxygen atoms in total. The van der Waals surface area contributed by atoms with Crippen molar-refractivity contribution >= 4 is 33.7 Å². The Morgan fingerprint density at radius 1 is 0.967 bits per heavy atom. The summed E-state index contributed by atoms with van der Waals surface area (Å²) in [6, 6.07) is 9.39. The molecule has 1 amide bonds. The van der Waals surface area contributed by atoms with E-state index >= 15 is 0 Å². The molecule has 152 valence electrons. The van der Waals surface area contributed by atoms with Crippen LogP contribution < -0.4 is 14.8 Å². The van der Waals surface area contributed by atoms with Gasteiger partial charge in [-0.3, -0.25) is 9.78 Å². The molecule has 0 radical (unpaired) electrons. The van der Waals surface area contributed by atoms with Crippen LogP contribution >= 0.6 is 22.7 Å². The van der Waals surface area contributed by atoms with Gasteiger partial charge in [-0.1, -0.05) is 0 Å². The maximum Gasteiger partial charge on any atom is 0.232 e. The molecule has 30 heavy (non-hydrogen) atoms. The summed E-state index contributed by atoms with van der Waals surface area (Å²) < 4.78 is 10.6. The molecule has 4 rings (SSSR count). The van der Waals surface area contributed by atoms with E-state index in [4.69, 9.17) is 9.47 Å². The smallest absolute Gasteiger partial charge is 0.232 e. The summed E-state index contributed by atoms with van der Waals surface area (Å²) in [4.78, 5) is 25.5. The van der Waals surface area contributed by atoms with Crippen LogP contribution in [0.2, 0.25) is 0 Å². The lowest BCUT2D eigenvalue weighted by Crippen LogP contribution is -2.14. The molecule has 0 aliphatic carbocycles. The van der Waals surface area contributed by atoms with Crippen LogP contribution in [0.1, 0.15) is 5.69 Å². The average molecular weight is 439 g/mol. The zero-order valence-corrected chi connectivity index (χ0v) is 17.9. The first-order valence-corrected chi connectivity index (χ1v) is 10.7. The van der Waals surface area contributed by atoms with E-state index in [1.165, 1.54) is 22.7 Å². The van der Waals surface area contributed by atoms with Crippen molar-refractivity contribution in [2.45, 2.75) is 6.42 Å². The molecule has 3 heterocycles. The SMILES string of the molecule is COc1ccc(-c2nc(CC(=O)Nc3nc(-c4ccncc4)cs3)cs2)cc1OC. The number of nitrogens with zero attached hydrogens (tertiary/aromatic N) is 3. The molecule has 0 atom stereocenters. The Balaban J connectivity index is 1.42. The number of amides is 1. The summed E-state index contributed by atoms with van der Waals surface area (Å²) in [7, 11) is 3.19. The minimum Gasteiger partial charge on any atom is -0.493 e. The number of rotatable bonds is 7. The van der Waals surface area contributed by atoms with Gasteiger partial charge < -0.3 is 14.8 Å². The molecule has 3 aromatic heterocycles. The van der Waals surface area contributed by atoms with E-state index in [9.17, 15) is 4.79 Å². The third-order valence-corrected chi connectivity index (χ3v) is 5.95. The van der Waals surface area contributed by atoms with E-state index in [2.05, 4.69) is 20.3 Å². The van der Waals surface area contributed by atoms with Crippen molar-refractivity contribution in [1.29, 1.82) is 0 Å². The van der Waals surface area contributed by atoms with Crippen molar-refractivity contribution in [3.63, 3.8) is 0 Å². The summed E-state index contributed by atoms with van der Waals surface area (Å²) in [5, 5.41) is 8.00. The minimum absolute atomic E-state index is 0.158. The predicted molar refractivity (Wildman–Crippen MR) is 118 cm³/mol. The first-order chi connectivity index (χ1) is 14.7. The number of anilines is 1. The lowest BCUT2D eigenvalue weighted by molar-refractivity contribution is -0.115. The van der Waals surface area contributed by atoms with E-state index < -0.39 is 0 Å². The van der Waals surface area contributed by atoms with E-state index in [-0.39, 0.29) is 12.3 Å². The van der Waals surface area contributed by atoms with E-state index in [1.807, 2.05) is 41.1 Å². The summed E-state index contributed by atoms with van der Waals surface area (Å²) >= 11 is 2.86. The second kappa shape index (κ2) is 9.02. The van der Waals surface area contributed by atoms with Gasteiger partial charge in [-0.15, -0.1) is 22.7 Å². The van der Waals surface area contributed by atoms with Crippen LogP contribution in [0.5, 0.6) is 11.5 Å². The van der Waals surface area contributed by atoms with Gasteiger partial charge >= 0.3 is 0 Å². The number of carbonyl (C=O) groups is 1. The Morgan fingerprint density at radius 3 is 2.53 bits per heavy atom. The van der Waals surface area contributed by atoms with Gasteiger partial charge in [-0.05, 0) is 30.3 Å². The summed E-state index contributed by atoms with van der Waals surface area (Å²) in [6.45, 7) is 0. The summed E-state index contributed by atoms with van der Waals surface area (Å²) in [5.74, 6) is 1.14. The first kappa shape index (κ1) is 20.0. The molecule has 1 N–H and O–H groups in total. The molecule has 0 aliphatic heterocycles. The van der Waals surface area contributed by atoms with E-state index in [0.717, 1.165) is 21.8 Å². The number of benzene rings is 1. The lowest BCUT2D eigenvalue weighted by atomic mass is 10.2. The first-order valence-electron chi connectivity index (χ1n) is 8.99. The standard InChI is InChI=1S/C21H18N4O3S2/c1-27-17-4-3-14(9-18(17)28-2)20-23-15(11-29-20)10-19(26)25-21-24-16(12-30-21)13-5-7-22-8-6-13/h3-9,11-12H,10H2,1-2H3,(H,24,25,26). The fourth-order valence-electron chi connectivity index (χ4n) is 2.80. The molecular formula is C21H18N4O3S2. The highest BCUT2D eigenvalue weighted by atomic mass is 32.1. The van der Waals surface area contributed by atoms with Crippen LogP contribution in [0.3, 0.4) is 0 Å². The predicted octanol–water partition coefficient (Wildman–Crippen LogP) is 4.53. The number of methoxy groups -OCH3 is 2. The number of hydrogen-bond acceptors (Lipinski definition) is 8. The third-order valence-electron chi connectivity index (χ3n) is 4.25. The fraction of sp³-hybridized carbons (Fsp3) is 0.143. The molecule has 0 unspecified atom stereocenters. The van der Waals surface area contributed by atoms with Crippen molar-refractivity contribution < 1.29 is 14.3 Å². The van der Waals surface area contributed by atoms with Crippen LogP contribution in [0, 0.1) is 0 Å². The Hall–Kier alpha value is -3.30. The maximum atomic E-state index is 12.4. The van der Waals surface area contributed by atoms with Crippen LogP contribution in [-0.2, 0) is 11.2 Å². The molecule has 0 saturated carbocycles. The van der Waals surface area contributed by atoms with Crippen molar-refractivity contribution in [3.05, 3.63) is 59.2 Å². The van der Waals surface area contributed by atoms with Crippen molar-refractivity contribution in [2.24, 2.45) is 0 Å². The van der Waals surface area contributed by atoms with Gasteiger partial charge in [0.2, 0.25) is 5.91 Å². The molecule has 9 heteroatoms. The van der Waals surface area contributed by atoms with Gasteiger partial charge in [0.1, 0.15) is 5.01 Å². The van der Waals surface area contributed by atoms with Gasteiger partial charge in [0.05, 0.1) is 32.0 Å². The number of carbonyl (C=O) groups excluding carboxylic acids is 1. The highest BCUT2D eigenvalue weighted by molar-refractivity contribution is 7.14. The number of nitrogens with one attached hydrogen (secondary N) is 1. The highest BCUT2D eigenvalue weighted by Gasteiger charge is 2.13. The van der Waals surface area contributed by atoms with E-state index in [0.29, 0.717) is 22.3 Å². The zero-order chi connectivity index (χ0) is 20.9. The Morgan fingerprint density at radius 2 is 1.77 bits per heavy atom. The van der Waals surface area contributed by atoms with Crippen LogP contribution in [0.15, 0.2) is 53.5 Å². The Bertz CT molecular complexity index is 1160. The van der Waals surface area contributed by atoms with Gasteiger partial charge in [0, 0.05) is 34.3 Å². The Labute approximate surface area is 181 Å². The maximum absolute atomic E-state index is 12.4. The zero-order valence-electron chi connectivity index (χ0n) is 16.3. The van der Waals surface area contributed by atoms with Crippen LogP contribution in [-0.4, -0.2) is 35.1 Å².